The Balaban J connectivity index is 1.84. The Bertz CT molecular complexity index is 833. The summed E-state index contributed by atoms with van der Waals surface area (Å²) in [5.74, 6) is 0.738. The van der Waals surface area contributed by atoms with Crippen LogP contribution in [0.3, 0.4) is 0 Å². The second-order valence-corrected chi connectivity index (χ2v) is 8.26. The maximum absolute atomic E-state index is 12.8. The molecule has 6 heteroatoms. The van der Waals surface area contributed by atoms with Gasteiger partial charge in [-0.1, -0.05) is 43.6 Å². The van der Waals surface area contributed by atoms with Crippen molar-refractivity contribution >= 4 is 23.4 Å². The molecule has 0 fully saturated rings. The summed E-state index contributed by atoms with van der Waals surface area (Å²) in [4.78, 5) is 19.6. The summed E-state index contributed by atoms with van der Waals surface area (Å²) in [6.07, 6.45) is 4.31. The van der Waals surface area contributed by atoms with E-state index < -0.39 is 0 Å². The molecule has 0 bridgehead atoms. The topological polar surface area (TPSA) is 38.1 Å². The second-order valence-electron chi connectivity index (χ2n) is 6.89. The lowest BCUT2D eigenvalue weighted by Gasteiger charge is -2.25. The van der Waals surface area contributed by atoms with E-state index in [1.165, 1.54) is 17.7 Å². The van der Waals surface area contributed by atoms with Crippen LogP contribution in [0.5, 0.6) is 0 Å². The average Bonchev–Trinajstić information content (AvgIpc) is 2.69. The zero-order valence-corrected chi connectivity index (χ0v) is 17.8. The fraction of sp³-hybridized carbons (Fsp3) is 0.524. The summed E-state index contributed by atoms with van der Waals surface area (Å²) in [7, 11) is 0. The van der Waals surface area contributed by atoms with Crippen molar-refractivity contribution < 1.29 is 0 Å². The Kier molecular flexibility index (Phi) is 7.39. The van der Waals surface area contributed by atoms with E-state index >= 15 is 0 Å². The van der Waals surface area contributed by atoms with E-state index in [2.05, 4.69) is 23.7 Å². The summed E-state index contributed by atoms with van der Waals surface area (Å²) in [5.41, 5.74) is 3.46. The first-order valence-electron chi connectivity index (χ1n) is 9.85. The molecule has 1 aliphatic carbocycles. The van der Waals surface area contributed by atoms with Crippen molar-refractivity contribution in [3.63, 3.8) is 0 Å². The minimum absolute atomic E-state index is 0.107. The lowest BCUT2D eigenvalue weighted by molar-refractivity contribution is 0.285. The third kappa shape index (κ3) is 4.95. The molecule has 1 aromatic heterocycles. The highest BCUT2D eigenvalue weighted by Crippen LogP contribution is 2.31. The first-order valence-corrected chi connectivity index (χ1v) is 11.2. The Morgan fingerprint density at radius 3 is 2.67 bits per heavy atom. The molecule has 27 heavy (non-hydrogen) atoms. The van der Waals surface area contributed by atoms with Crippen LogP contribution in [-0.2, 0) is 25.1 Å². The number of benzene rings is 1. The zero-order valence-electron chi connectivity index (χ0n) is 16.2. The van der Waals surface area contributed by atoms with Gasteiger partial charge in [-0.25, -0.2) is 4.79 Å². The predicted octanol–water partition coefficient (Wildman–Crippen LogP) is 4.41. The van der Waals surface area contributed by atoms with Crippen LogP contribution >= 0.6 is 23.4 Å². The van der Waals surface area contributed by atoms with Gasteiger partial charge in [-0.2, -0.15) is 4.98 Å². The van der Waals surface area contributed by atoms with E-state index in [0.29, 0.717) is 0 Å². The Hall–Kier alpha value is -1.30. The van der Waals surface area contributed by atoms with E-state index in [4.69, 9.17) is 11.6 Å². The molecule has 4 nitrogen and oxygen atoms in total. The van der Waals surface area contributed by atoms with Crippen molar-refractivity contribution in [3.05, 3.63) is 56.6 Å². The number of likely N-dealkylation sites (N-methyl/N-ethyl adjacent to an activating group) is 1. The summed E-state index contributed by atoms with van der Waals surface area (Å²) in [6, 6.07) is 7.88. The lowest BCUT2D eigenvalue weighted by atomic mass is 9.97. The fourth-order valence-electron chi connectivity index (χ4n) is 3.64. The van der Waals surface area contributed by atoms with Crippen LogP contribution in [0.15, 0.2) is 34.1 Å². The molecule has 1 heterocycles. The van der Waals surface area contributed by atoms with Gasteiger partial charge in [0, 0.05) is 35.1 Å². The molecule has 1 aromatic carbocycles. The van der Waals surface area contributed by atoms with Crippen molar-refractivity contribution in [1.29, 1.82) is 0 Å². The third-order valence-corrected chi connectivity index (χ3v) is 6.74. The SMILES string of the molecule is CCN(CC)CCn1c2c(c(SCc3ccccc3Cl)nc1=O)CCCC2. The first kappa shape index (κ1) is 20.4. The van der Waals surface area contributed by atoms with Crippen LogP contribution in [-0.4, -0.2) is 34.1 Å². The third-order valence-electron chi connectivity index (χ3n) is 5.31. The van der Waals surface area contributed by atoms with Crippen molar-refractivity contribution in [2.45, 2.75) is 56.9 Å². The summed E-state index contributed by atoms with van der Waals surface area (Å²) in [6.45, 7) is 7.96. The van der Waals surface area contributed by atoms with Crippen LogP contribution in [0.2, 0.25) is 5.02 Å². The zero-order chi connectivity index (χ0) is 19.2. The molecule has 2 aromatic rings. The number of rotatable bonds is 8. The van der Waals surface area contributed by atoms with Gasteiger partial charge in [-0.3, -0.25) is 4.57 Å². The minimum Gasteiger partial charge on any atom is -0.302 e. The Morgan fingerprint density at radius 1 is 1.19 bits per heavy atom. The monoisotopic (exact) mass is 405 g/mol. The van der Waals surface area contributed by atoms with Crippen LogP contribution in [0.1, 0.15) is 43.5 Å². The normalized spacial score (nSPS) is 13.8. The van der Waals surface area contributed by atoms with Gasteiger partial charge in [0.25, 0.3) is 0 Å². The highest BCUT2D eigenvalue weighted by atomic mass is 35.5. The maximum atomic E-state index is 12.8. The van der Waals surface area contributed by atoms with E-state index in [1.54, 1.807) is 11.8 Å². The number of aromatic nitrogens is 2. The predicted molar refractivity (Wildman–Crippen MR) is 114 cm³/mol. The quantitative estimate of drug-likeness (QED) is 0.481. The molecule has 0 saturated carbocycles. The van der Waals surface area contributed by atoms with E-state index in [-0.39, 0.29) is 5.69 Å². The van der Waals surface area contributed by atoms with Gasteiger partial charge >= 0.3 is 5.69 Å². The molecule has 1 aliphatic rings. The second kappa shape index (κ2) is 9.76. The molecule has 0 spiro atoms. The molecular formula is C21H28ClN3OS. The first-order chi connectivity index (χ1) is 13.1. The number of hydrogen-bond acceptors (Lipinski definition) is 4. The van der Waals surface area contributed by atoms with E-state index in [0.717, 1.165) is 66.8 Å². The Labute approximate surface area is 170 Å². The van der Waals surface area contributed by atoms with Gasteiger partial charge < -0.3 is 4.90 Å². The van der Waals surface area contributed by atoms with Gasteiger partial charge in [0.05, 0.1) is 0 Å². The van der Waals surface area contributed by atoms with Gasteiger partial charge in [-0.05, 0) is 50.4 Å². The summed E-state index contributed by atoms with van der Waals surface area (Å²) >= 11 is 7.92. The maximum Gasteiger partial charge on any atom is 0.348 e. The smallest absolute Gasteiger partial charge is 0.302 e. The number of thioether (sulfide) groups is 1. The number of nitrogens with zero attached hydrogens (tertiary/aromatic N) is 3. The van der Waals surface area contributed by atoms with Gasteiger partial charge in [0.1, 0.15) is 5.03 Å². The van der Waals surface area contributed by atoms with Crippen molar-refractivity contribution in [2.75, 3.05) is 19.6 Å². The number of halogens is 1. The highest BCUT2D eigenvalue weighted by molar-refractivity contribution is 7.98. The van der Waals surface area contributed by atoms with E-state index in [1.807, 2.05) is 28.8 Å². The van der Waals surface area contributed by atoms with Crippen LogP contribution < -0.4 is 5.69 Å². The van der Waals surface area contributed by atoms with Crippen LogP contribution in [0.25, 0.3) is 0 Å². The highest BCUT2D eigenvalue weighted by Gasteiger charge is 2.21. The molecule has 0 radical (unpaired) electrons. The van der Waals surface area contributed by atoms with Crippen molar-refractivity contribution in [3.8, 4) is 0 Å². The molecule has 0 amide bonds. The van der Waals surface area contributed by atoms with Crippen LogP contribution in [0, 0.1) is 0 Å². The number of hydrogen-bond donors (Lipinski definition) is 0. The van der Waals surface area contributed by atoms with Crippen molar-refractivity contribution in [1.82, 2.24) is 14.5 Å². The molecule has 0 saturated heterocycles. The molecule has 0 atom stereocenters. The average molecular weight is 406 g/mol. The standard InChI is InChI=1S/C21H28ClN3OS/c1-3-24(4-2)13-14-25-19-12-8-6-10-17(19)20(23-21(25)26)27-15-16-9-5-7-11-18(16)22/h5,7,9,11H,3-4,6,8,10,12-15H2,1-2H3. The fourth-order valence-corrected chi connectivity index (χ4v) is 5.00. The molecule has 0 aliphatic heterocycles. The van der Waals surface area contributed by atoms with Gasteiger partial charge in [0.15, 0.2) is 0 Å². The van der Waals surface area contributed by atoms with Gasteiger partial charge in [-0.15, -0.1) is 11.8 Å². The summed E-state index contributed by atoms with van der Waals surface area (Å²) < 4.78 is 1.92. The van der Waals surface area contributed by atoms with Crippen molar-refractivity contribution in [2.24, 2.45) is 0 Å². The summed E-state index contributed by atoms with van der Waals surface area (Å²) in [5, 5.41) is 1.67. The molecule has 0 N–H and O–H groups in total. The minimum atomic E-state index is -0.107. The van der Waals surface area contributed by atoms with Gasteiger partial charge in [0.2, 0.25) is 0 Å². The number of fused-ring (bicyclic) bond motifs is 1. The lowest BCUT2D eigenvalue weighted by Crippen LogP contribution is -2.35. The van der Waals surface area contributed by atoms with Crippen LogP contribution in [0.4, 0.5) is 0 Å². The molecule has 0 unspecified atom stereocenters. The van der Waals surface area contributed by atoms with E-state index in [9.17, 15) is 4.79 Å². The Morgan fingerprint density at radius 2 is 1.93 bits per heavy atom. The molecular weight excluding hydrogens is 378 g/mol. The largest absolute Gasteiger partial charge is 0.348 e. The molecule has 3 rings (SSSR count). The molecule has 146 valence electrons.